The Balaban J connectivity index is 2.07. The number of nitrogens with zero attached hydrogens (tertiary/aromatic N) is 2. The highest BCUT2D eigenvalue weighted by molar-refractivity contribution is 6.30. The maximum Gasteiger partial charge on any atom is 0.145 e. The van der Waals surface area contributed by atoms with Gasteiger partial charge in [-0.2, -0.15) is 5.10 Å². The largest absolute Gasteiger partial charge is 0.273 e. The number of hydrogen-bond acceptors (Lipinski definition) is 3. The molecule has 1 heterocycles. The molecule has 1 aromatic heterocycles. The fourth-order valence-corrected chi connectivity index (χ4v) is 2.32. The van der Waals surface area contributed by atoms with Crippen molar-refractivity contribution in [2.45, 2.75) is 32.4 Å². The smallest absolute Gasteiger partial charge is 0.145 e. The number of aryl methyl sites for hydroxylation is 1. The van der Waals surface area contributed by atoms with E-state index in [-0.39, 0.29) is 16.9 Å². The summed E-state index contributed by atoms with van der Waals surface area (Å²) in [6.07, 6.45) is 4.93. The van der Waals surface area contributed by atoms with Crippen molar-refractivity contribution < 1.29 is 4.39 Å². The van der Waals surface area contributed by atoms with Gasteiger partial charge < -0.3 is 0 Å². The number of nitrogens with two attached hydrogens (primary N) is 1. The fraction of sp³-hybridized carbons (Fsp3) is 0.357. The van der Waals surface area contributed by atoms with E-state index in [1.54, 1.807) is 12.1 Å². The highest BCUT2D eigenvalue weighted by Crippen LogP contribution is 2.19. The van der Waals surface area contributed by atoms with E-state index in [0.29, 0.717) is 18.4 Å². The van der Waals surface area contributed by atoms with E-state index < -0.39 is 0 Å². The van der Waals surface area contributed by atoms with Gasteiger partial charge in [-0.3, -0.25) is 16.0 Å². The standard InChI is InChI=1S/C14H18ClFN4/c1-2-20-9-10(8-18-20)6-12(19-17)7-11-4-3-5-13(15)14(11)16/h3-5,8-9,12,19H,2,6-7,17H2,1H3. The normalized spacial score (nSPS) is 12.6. The van der Waals surface area contributed by atoms with Crippen LogP contribution in [0.15, 0.2) is 30.6 Å². The zero-order valence-electron chi connectivity index (χ0n) is 11.3. The van der Waals surface area contributed by atoms with Crippen LogP contribution in [0, 0.1) is 5.82 Å². The summed E-state index contributed by atoms with van der Waals surface area (Å²) in [4.78, 5) is 0. The van der Waals surface area contributed by atoms with Crippen molar-refractivity contribution in [1.82, 2.24) is 15.2 Å². The second-order valence-electron chi connectivity index (χ2n) is 4.69. The molecular weight excluding hydrogens is 279 g/mol. The molecule has 2 aromatic rings. The average molecular weight is 297 g/mol. The van der Waals surface area contributed by atoms with Gasteiger partial charge in [-0.05, 0) is 37.0 Å². The summed E-state index contributed by atoms with van der Waals surface area (Å²) in [7, 11) is 0. The molecule has 0 radical (unpaired) electrons. The van der Waals surface area contributed by atoms with Gasteiger partial charge in [0.25, 0.3) is 0 Å². The number of hydrogen-bond donors (Lipinski definition) is 2. The number of halogens is 2. The van der Waals surface area contributed by atoms with Crippen LogP contribution in [0.5, 0.6) is 0 Å². The fourth-order valence-electron chi connectivity index (χ4n) is 2.13. The molecule has 20 heavy (non-hydrogen) atoms. The van der Waals surface area contributed by atoms with E-state index in [2.05, 4.69) is 10.5 Å². The number of nitrogens with one attached hydrogen (secondary N) is 1. The lowest BCUT2D eigenvalue weighted by Crippen LogP contribution is -2.38. The van der Waals surface area contributed by atoms with E-state index in [9.17, 15) is 4.39 Å². The van der Waals surface area contributed by atoms with E-state index >= 15 is 0 Å². The molecule has 4 nitrogen and oxygen atoms in total. The van der Waals surface area contributed by atoms with Crippen LogP contribution in [-0.4, -0.2) is 15.8 Å². The molecule has 0 saturated heterocycles. The van der Waals surface area contributed by atoms with Gasteiger partial charge >= 0.3 is 0 Å². The van der Waals surface area contributed by atoms with Crippen LogP contribution in [0.2, 0.25) is 5.02 Å². The summed E-state index contributed by atoms with van der Waals surface area (Å²) in [6.45, 7) is 2.85. The van der Waals surface area contributed by atoms with E-state index in [1.165, 1.54) is 6.07 Å². The highest BCUT2D eigenvalue weighted by atomic mass is 35.5. The Labute approximate surface area is 122 Å². The minimum Gasteiger partial charge on any atom is -0.273 e. The molecule has 6 heteroatoms. The summed E-state index contributed by atoms with van der Waals surface area (Å²) in [5.41, 5.74) is 4.35. The summed E-state index contributed by atoms with van der Waals surface area (Å²) in [5.74, 6) is 5.19. The minimum atomic E-state index is -0.376. The van der Waals surface area contributed by atoms with Gasteiger partial charge in [-0.25, -0.2) is 4.39 Å². The Morgan fingerprint density at radius 2 is 2.25 bits per heavy atom. The third kappa shape index (κ3) is 3.56. The lowest BCUT2D eigenvalue weighted by Gasteiger charge is -2.15. The van der Waals surface area contributed by atoms with E-state index in [1.807, 2.05) is 24.0 Å². The molecule has 0 aliphatic rings. The first-order chi connectivity index (χ1) is 9.63. The predicted octanol–water partition coefficient (Wildman–Crippen LogP) is 2.31. The van der Waals surface area contributed by atoms with Gasteiger partial charge in [0, 0.05) is 18.8 Å². The molecule has 0 amide bonds. The maximum absolute atomic E-state index is 13.9. The van der Waals surface area contributed by atoms with Gasteiger partial charge in [0.2, 0.25) is 0 Å². The van der Waals surface area contributed by atoms with Gasteiger partial charge in [-0.15, -0.1) is 0 Å². The van der Waals surface area contributed by atoms with Crippen molar-refractivity contribution in [2.24, 2.45) is 5.84 Å². The Morgan fingerprint density at radius 3 is 2.90 bits per heavy atom. The quantitative estimate of drug-likeness (QED) is 0.635. The number of aromatic nitrogens is 2. The molecule has 2 rings (SSSR count). The van der Waals surface area contributed by atoms with Crippen molar-refractivity contribution in [2.75, 3.05) is 0 Å². The van der Waals surface area contributed by atoms with Crippen molar-refractivity contribution in [3.8, 4) is 0 Å². The second-order valence-corrected chi connectivity index (χ2v) is 5.10. The third-order valence-electron chi connectivity index (χ3n) is 3.23. The van der Waals surface area contributed by atoms with Crippen molar-refractivity contribution in [3.05, 3.63) is 52.6 Å². The van der Waals surface area contributed by atoms with Crippen LogP contribution in [0.1, 0.15) is 18.1 Å². The molecule has 1 atom stereocenters. The number of benzene rings is 1. The Kier molecular flexibility index (Phi) is 5.11. The molecule has 1 aromatic carbocycles. The summed E-state index contributed by atoms with van der Waals surface area (Å²) < 4.78 is 15.7. The summed E-state index contributed by atoms with van der Waals surface area (Å²) in [5, 5.41) is 4.35. The molecule has 0 aliphatic carbocycles. The van der Waals surface area contributed by atoms with Crippen LogP contribution in [0.3, 0.4) is 0 Å². The van der Waals surface area contributed by atoms with Crippen LogP contribution in [0.25, 0.3) is 0 Å². The van der Waals surface area contributed by atoms with Crippen LogP contribution in [0.4, 0.5) is 4.39 Å². The number of rotatable bonds is 6. The van der Waals surface area contributed by atoms with Crippen LogP contribution in [-0.2, 0) is 19.4 Å². The lowest BCUT2D eigenvalue weighted by molar-refractivity contribution is 0.506. The van der Waals surface area contributed by atoms with Crippen molar-refractivity contribution >= 4 is 11.6 Å². The predicted molar refractivity (Wildman–Crippen MR) is 77.8 cm³/mol. The van der Waals surface area contributed by atoms with Gasteiger partial charge in [-0.1, -0.05) is 23.7 Å². The van der Waals surface area contributed by atoms with Gasteiger partial charge in [0.05, 0.1) is 11.2 Å². The molecule has 0 spiro atoms. The van der Waals surface area contributed by atoms with E-state index in [0.717, 1.165) is 12.1 Å². The van der Waals surface area contributed by atoms with Gasteiger partial charge in [0.1, 0.15) is 5.82 Å². The molecule has 0 bridgehead atoms. The first kappa shape index (κ1) is 15.0. The Hall–Kier alpha value is -1.43. The Bertz CT molecular complexity index is 570. The summed E-state index contributed by atoms with van der Waals surface area (Å²) >= 11 is 5.78. The zero-order chi connectivity index (χ0) is 14.5. The highest BCUT2D eigenvalue weighted by Gasteiger charge is 2.14. The third-order valence-corrected chi connectivity index (χ3v) is 3.52. The molecule has 1 unspecified atom stereocenters. The first-order valence-electron chi connectivity index (χ1n) is 6.54. The number of hydrazine groups is 1. The zero-order valence-corrected chi connectivity index (χ0v) is 12.1. The maximum atomic E-state index is 13.9. The molecular formula is C14H18ClFN4. The first-order valence-corrected chi connectivity index (χ1v) is 6.92. The second kappa shape index (κ2) is 6.83. The minimum absolute atomic E-state index is 0.0718. The van der Waals surface area contributed by atoms with Crippen molar-refractivity contribution in [3.63, 3.8) is 0 Å². The topological polar surface area (TPSA) is 55.9 Å². The molecule has 0 saturated carbocycles. The average Bonchev–Trinajstić information content (AvgIpc) is 2.90. The monoisotopic (exact) mass is 296 g/mol. The van der Waals surface area contributed by atoms with Crippen LogP contribution < -0.4 is 11.3 Å². The molecule has 3 N–H and O–H groups in total. The Morgan fingerprint density at radius 1 is 1.45 bits per heavy atom. The summed E-state index contributed by atoms with van der Waals surface area (Å²) in [6, 6.07) is 4.93. The SMILES string of the molecule is CCn1cc(CC(Cc2cccc(Cl)c2F)NN)cn1. The van der Waals surface area contributed by atoms with E-state index in [4.69, 9.17) is 17.4 Å². The van der Waals surface area contributed by atoms with Crippen LogP contribution >= 0.6 is 11.6 Å². The molecule has 108 valence electrons. The lowest BCUT2D eigenvalue weighted by atomic mass is 10.0. The molecule has 0 aliphatic heterocycles. The molecule has 0 fully saturated rings. The van der Waals surface area contributed by atoms with Crippen molar-refractivity contribution in [1.29, 1.82) is 0 Å². The van der Waals surface area contributed by atoms with Gasteiger partial charge in [0.15, 0.2) is 0 Å².